The summed E-state index contributed by atoms with van der Waals surface area (Å²) in [5.41, 5.74) is 0. The van der Waals surface area contributed by atoms with Gasteiger partial charge in [0.25, 0.3) is 0 Å². The lowest BCUT2D eigenvalue weighted by Gasteiger charge is -2.32. The van der Waals surface area contributed by atoms with E-state index in [4.69, 9.17) is 4.42 Å². The molecule has 0 radical (unpaired) electrons. The number of rotatable bonds is 5. The molecule has 1 aromatic rings. The highest BCUT2D eigenvalue weighted by molar-refractivity contribution is 6.35. The van der Waals surface area contributed by atoms with Crippen LogP contribution in [-0.4, -0.2) is 49.1 Å². The van der Waals surface area contributed by atoms with Crippen molar-refractivity contribution in [2.45, 2.75) is 25.6 Å². The molecule has 1 saturated heterocycles. The van der Waals surface area contributed by atoms with Gasteiger partial charge in [-0.3, -0.25) is 14.5 Å². The van der Waals surface area contributed by atoms with E-state index < -0.39 is 24.5 Å². The van der Waals surface area contributed by atoms with Crippen LogP contribution in [0.1, 0.15) is 18.6 Å². The number of hydrogen-bond donors (Lipinski definition) is 2. The fraction of sp³-hybridized carbons (Fsp3) is 0.600. The molecule has 9 heteroatoms. The predicted molar refractivity (Wildman–Crippen MR) is 78.8 cm³/mol. The number of piperidine rings is 1. The van der Waals surface area contributed by atoms with E-state index in [1.54, 1.807) is 12.1 Å². The van der Waals surface area contributed by atoms with Gasteiger partial charge in [0.05, 0.1) is 19.4 Å². The van der Waals surface area contributed by atoms with Crippen LogP contribution >= 0.6 is 0 Å². The van der Waals surface area contributed by atoms with Crippen molar-refractivity contribution in [1.29, 1.82) is 0 Å². The molecule has 1 aliphatic rings. The Morgan fingerprint density at radius 1 is 1.21 bits per heavy atom. The van der Waals surface area contributed by atoms with Crippen molar-refractivity contribution in [1.82, 2.24) is 15.5 Å². The van der Waals surface area contributed by atoms with Gasteiger partial charge in [-0.2, -0.15) is 13.2 Å². The molecule has 0 spiro atoms. The molecule has 0 bridgehead atoms. The van der Waals surface area contributed by atoms with Gasteiger partial charge in [0.2, 0.25) is 0 Å². The smallest absolute Gasteiger partial charge is 0.401 e. The van der Waals surface area contributed by atoms with Crippen LogP contribution in [0.3, 0.4) is 0 Å². The summed E-state index contributed by atoms with van der Waals surface area (Å²) in [4.78, 5) is 24.7. The van der Waals surface area contributed by atoms with Crippen molar-refractivity contribution in [3.05, 3.63) is 24.2 Å². The normalized spacial score (nSPS) is 16.8. The van der Waals surface area contributed by atoms with E-state index in [1.165, 1.54) is 11.2 Å². The Labute approximate surface area is 137 Å². The molecule has 1 aromatic heterocycles. The van der Waals surface area contributed by atoms with E-state index in [-0.39, 0.29) is 19.0 Å². The second kappa shape index (κ2) is 8.18. The molecule has 1 aliphatic heterocycles. The lowest BCUT2D eigenvalue weighted by atomic mass is 9.97. The molecular formula is C15H20F3N3O3. The second-order valence-corrected chi connectivity index (χ2v) is 5.81. The highest BCUT2D eigenvalue weighted by Crippen LogP contribution is 2.22. The quantitative estimate of drug-likeness (QED) is 0.787. The Morgan fingerprint density at radius 3 is 2.46 bits per heavy atom. The fourth-order valence-corrected chi connectivity index (χ4v) is 2.58. The Kier molecular flexibility index (Phi) is 6.24. The summed E-state index contributed by atoms with van der Waals surface area (Å²) in [6.45, 7) is 0.179. The van der Waals surface area contributed by atoms with Gasteiger partial charge in [0, 0.05) is 6.54 Å². The molecular weight excluding hydrogens is 327 g/mol. The minimum atomic E-state index is -4.19. The summed E-state index contributed by atoms with van der Waals surface area (Å²) in [5.74, 6) is -0.898. The van der Waals surface area contributed by atoms with Crippen molar-refractivity contribution < 1.29 is 27.2 Å². The Morgan fingerprint density at radius 2 is 1.88 bits per heavy atom. The third-order valence-electron chi connectivity index (χ3n) is 3.87. The van der Waals surface area contributed by atoms with E-state index in [1.807, 2.05) is 0 Å². The topological polar surface area (TPSA) is 74.6 Å². The van der Waals surface area contributed by atoms with Gasteiger partial charge >= 0.3 is 18.0 Å². The first-order chi connectivity index (χ1) is 11.3. The molecule has 2 heterocycles. The number of alkyl halides is 3. The number of nitrogens with one attached hydrogen (secondary N) is 2. The monoisotopic (exact) mass is 347 g/mol. The SMILES string of the molecule is O=C(NCc1ccco1)C(=O)NCC1CCN(CC(F)(F)F)CC1. The number of hydrogen-bond acceptors (Lipinski definition) is 4. The number of likely N-dealkylation sites (tertiary alicyclic amines) is 1. The van der Waals surface area contributed by atoms with E-state index in [2.05, 4.69) is 10.6 Å². The molecule has 0 atom stereocenters. The zero-order valence-electron chi connectivity index (χ0n) is 13.1. The molecule has 1 fully saturated rings. The van der Waals surface area contributed by atoms with Gasteiger partial charge in [-0.05, 0) is 44.0 Å². The molecule has 0 aliphatic carbocycles. The van der Waals surface area contributed by atoms with Crippen LogP contribution in [0.4, 0.5) is 13.2 Å². The lowest BCUT2D eigenvalue weighted by molar-refractivity contribution is -0.148. The first kappa shape index (κ1) is 18.3. The maximum atomic E-state index is 12.3. The highest BCUT2D eigenvalue weighted by atomic mass is 19.4. The van der Waals surface area contributed by atoms with Gasteiger partial charge in [-0.25, -0.2) is 0 Å². The first-order valence-corrected chi connectivity index (χ1v) is 7.71. The number of nitrogens with zero attached hydrogens (tertiary/aromatic N) is 1. The molecule has 24 heavy (non-hydrogen) atoms. The Balaban J connectivity index is 1.63. The third-order valence-corrected chi connectivity index (χ3v) is 3.87. The van der Waals surface area contributed by atoms with E-state index >= 15 is 0 Å². The van der Waals surface area contributed by atoms with Crippen LogP contribution in [0.15, 0.2) is 22.8 Å². The van der Waals surface area contributed by atoms with Crippen molar-refractivity contribution in [2.24, 2.45) is 5.92 Å². The van der Waals surface area contributed by atoms with E-state index in [0.29, 0.717) is 31.7 Å². The summed E-state index contributed by atoms with van der Waals surface area (Å²) in [7, 11) is 0. The maximum Gasteiger partial charge on any atom is 0.401 e. The number of halogens is 3. The van der Waals surface area contributed by atoms with Crippen LogP contribution < -0.4 is 10.6 Å². The Hall–Kier alpha value is -2.03. The van der Waals surface area contributed by atoms with Crippen LogP contribution in [0.5, 0.6) is 0 Å². The number of amides is 2. The van der Waals surface area contributed by atoms with Crippen molar-refractivity contribution >= 4 is 11.8 Å². The molecule has 0 saturated carbocycles. The first-order valence-electron chi connectivity index (χ1n) is 7.71. The average molecular weight is 347 g/mol. The summed E-state index contributed by atoms with van der Waals surface area (Å²) < 4.78 is 41.9. The maximum absolute atomic E-state index is 12.3. The Bertz CT molecular complexity index is 538. The molecule has 6 nitrogen and oxygen atoms in total. The molecule has 0 unspecified atom stereocenters. The van der Waals surface area contributed by atoms with Gasteiger partial charge in [-0.15, -0.1) is 0 Å². The van der Waals surface area contributed by atoms with Gasteiger partial charge in [-0.1, -0.05) is 0 Å². The standard InChI is InChI=1S/C15H20F3N3O3/c16-15(17,18)10-21-5-3-11(4-6-21)8-19-13(22)14(23)20-9-12-2-1-7-24-12/h1-2,7,11H,3-6,8-10H2,(H,19,22)(H,20,23). The average Bonchev–Trinajstić information content (AvgIpc) is 3.03. The lowest BCUT2D eigenvalue weighted by Crippen LogP contribution is -2.45. The molecule has 0 aromatic carbocycles. The molecule has 2 N–H and O–H groups in total. The highest BCUT2D eigenvalue weighted by Gasteiger charge is 2.32. The predicted octanol–water partition coefficient (Wildman–Crippen LogP) is 1.29. The van der Waals surface area contributed by atoms with Crippen LogP contribution in [-0.2, 0) is 16.1 Å². The van der Waals surface area contributed by atoms with Crippen LogP contribution in [0, 0.1) is 5.92 Å². The van der Waals surface area contributed by atoms with E-state index in [0.717, 1.165) is 0 Å². The van der Waals surface area contributed by atoms with Gasteiger partial charge in [0.15, 0.2) is 0 Å². The summed E-state index contributed by atoms with van der Waals surface area (Å²) in [5, 5.41) is 4.95. The number of carbonyl (C=O) groups is 2. The zero-order chi connectivity index (χ0) is 17.6. The molecule has 2 amide bonds. The number of furan rings is 1. The summed E-state index contributed by atoms with van der Waals surface area (Å²) in [6, 6.07) is 3.35. The van der Waals surface area contributed by atoms with Gasteiger partial charge < -0.3 is 15.1 Å². The summed E-state index contributed by atoms with van der Waals surface area (Å²) in [6.07, 6.45) is -1.60. The van der Waals surface area contributed by atoms with Crippen molar-refractivity contribution in [3.63, 3.8) is 0 Å². The van der Waals surface area contributed by atoms with Crippen molar-refractivity contribution in [3.8, 4) is 0 Å². The molecule has 134 valence electrons. The zero-order valence-corrected chi connectivity index (χ0v) is 13.1. The summed E-state index contributed by atoms with van der Waals surface area (Å²) >= 11 is 0. The number of carbonyl (C=O) groups excluding carboxylic acids is 2. The minimum Gasteiger partial charge on any atom is -0.467 e. The van der Waals surface area contributed by atoms with E-state index in [9.17, 15) is 22.8 Å². The fourth-order valence-electron chi connectivity index (χ4n) is 2.58. The third kappa shape index (κ3) is 6.23. The molecule has 2 rings (SSSR count). The minimum absolute atomic E-state index is 0.0799. The van der Waals surface area contributed by atoms with Crippen LogP contribution in [0.25, 0.3) is 0 Å². The van der Waals surface area contributed by atoms with Crippen molar-refractivity contribution in [2.75, 3.05) is 26.2 Å². The largest absolute Gasteiger partial charge is 0.467 e. The second-order valence-electron chi connectivity index (χ2n) is 5.81. The van der Waals surface area contributed by atoms with Crippen LogP contribution in [0.2, 0.25) is 0 Å². The van der Waals surface area contributed by atoms with Gasteiger partial charge in [0.1, 0.15) is 5.76 Å².